The first-order valence-electron chi connectivity index (χ1n) is 8.32. The van der Waals surface area contributed by atoms with Gasteiger partial charge in [0, 0.05) is 17.9 Å². The van der Waals surface area contributed by atoms with Crippen LogP contribution in [-0.4, -0.2) is 25.8 Å². The zero-order valence-electron chi connectivity index (χ0n) is 13.2. The first-order valence-corrected chi connectivity index (χ1v) is 8.32. The lowest BCUT2D eigenvalue weighted by Crippen LogP contribution is -2.63. The summed E-state index contributed by atoms with van der Waals surface area (Å²) in [6.07, 6.45) is 8.06. The van der Waals surface area contributed by atoms with Gasteiger partial charge in [0.15, 0.2) is 0 Å². The van der Waals surface area contributed by atoms with Gasteiger partial charge < -0.3 is 14.8 Å². The molecule has 2 unspecified atom stereocenters. The summed E-state index contributed by atoms with van der Waals surface area (Å²) in [7, 11) is 1.69. The van der Waals surface area contributed by atoms with Gasteiger partial charge in [-0.05, 0) is 50.1 Å². The molecule has 0 bridgehead atoms. The Labute approximate surface area is 128 Å². The molecule has 1 aromatic rings. The summed E-state index contributed by atoms with van der Waals surface area (Å²) in [6, 6.07) is 8.65. The molecule has 21 heavy (non-hydrogen) atoms. The molecule has 3 nitrogen and oxygen atoms in total. The monoisotopic (exact) mass is 289 g/mol. The second-order valence-electron chi connectivity index (χ2n) is 6.46. The summed E-state index contributed by atoms with van der Waals surface area (Å²) in [4.78, 5) is 0. The highest BCUT2D eigenvalue weighted by molar-refractivity contribution is 5.32. The second-order valence-corrected chi connectivity index (χ2v) is 6.46. The molecule has 1 aromatic carbocycles. The predicted octanol–water partition coefficient (Wildman–Crippen LogP) is 3.77. The Balaban J connectivity index is 1.65. The first-order chi connectivity index (χ1) is 10.3. The molecule has 0 heterocycles. The molecule has 0 radical (unpaired) electrons. The zero-order chi connectivity index (χ0) is 14.7. The van der Waals surface area contributed by atoms with Gasteiger partial charge in [0.25, 0.3) is 0 Å². The Morgan fingerprint density at radius 1 is 1.14 bits per heavy atom. The molecule has 2 aliphatic carbocycles. The van der Waals surface area contributed by atoms with Crippen LogP contribution in [0.3, 0.4) is 0 Å². The summed E-state index contributed by atoms with van der Waals surface area (Å²) in [5, 5.41) is 3.74. The lowest BCUT2D eigenvalue weighted by molar-refractivity contribution is -0.0759. The molecular formula is C18H27NO2. The third-order valence-corrected chi connectivity index (χ3v) is 5.30. The molecule has 0 aromatic heterocycles. The number of methoxy groups -OCH3 is 1. The molecule has 116 valence electrons. The van der Waals surface area contributed by atoms with Crippen molar-refractivity contribution in [2.45, 2.75) is 57.6 Å². The highest BCUT2D eigenvalue weighted by atomic mass is 16.5. The number of hydrogen-bond donors (Lipinski definition) is 1. The minimum atomic E-state index is 0.378. The fourth-order valence-corrected chi connectivity index (χ4v) is 4.04. The molecule has 3 heteroatoms. The lowest BCUT2D eigenvalue weighted by Gasteiger charge is -2.54. The van der Waals surface area contributed by atoms with Crippen molar-refractivity contribution in [1.82, 2.24) is 5.32 Å². The number of nitrogens with one attached hydrogen (secondary N) is 1. The maximum absolute atomic E-state index is 6.30. The minimum absolute atomic E-state index is 0.378. The van der Waals surface area contributed by atoms with E-state index in [0.29, 0.717) is 17.6 Å². The van der Waals surface area contributed by atoms with Crippen LogP contribution in [0.2, 0.25) is 0 Å². The third kappa shape index (κ3) is 2.76. The first kappa shape index (κ1) is 14.7. The number of hydrogen-bond acceptors (Lipinski definition) is 3. The fourth-order valence-electron chi connectivity index (χ4n) is 4.04. The van der Waals surface area contributed by atoms with Gasteiger partial charge in [-0.1, -0.05) is 19.8 Å². The molecule has 0 aliphatic heterocycles. The van der Waals surface area contributed by atoms with Gasteiger partial charge >= 0.3 is 0 Å². The smallest absolute Gasteiger partial charge is 0.120 e. The average molecular weight is 289 g/mol. The molecule has 0 saturated heterocycles. The highest BCUT2D eigenvalue weighted by Crippen LogP contribution is 2.54. The molecule has 2 aliphatic rings. The number of ether oxygens (including phenoxy) is 2. The summed E-state index contributed by atoms with van der Waals surface area (Å²) < 4.78 is 11.5. The topological polar surface area (TPSA) is 30.5 Å². The van der Waals surface area contributed by atoms with Crippen molar-refractivity contribution >= 4 is 0 Å². The van der Waals surface area contributed by atoms with Crippen LogP contribution in [-0.2, 0) is 0 Å². The van der Waals surface area contributed by atoms with E-state index >= 15 is 0 Å². The molecule has 1 spiro atoms. The summed E-state index contributed by atoms with van der Waals surface area (Å²) in [6.45, 7) is 3.36. The second kappa shape index (κ2) is 6.27. The molecule has 0 amide bonds. The van der Waals surface area contributed by atoms with Crippen molar-refractivity contribution in [3.63, 3.8) is 0 Å². The SMILES string of the molecule is CCCNC1CC(Oc2ccc(OC)cc2)C12CCCC2. The van der Waals surface area contributed by atoms with E-state index < -0.39 is 0 Å². The van der Waals surface area contributed by atoms with E-state index in [1.54, 1.807) is 7.11 Å². The Bertz CT molecular complexity index is 451. The van der Waals surface area contributed by atoms with Crippen molar-refractivity contribution in [2.75, 3.05) is 13.7 Å². The summed E-state index contributed by atoms with van der Waals surface area (Å²) in [5.41, 5.74) is 0.384. The van der Waals surface area contributed by atoms with Gasteiger partial charge in [0.1, 0.15) is 17.6 Å². The number of benzene rings is 1. The highest BCUT2D eigenvalue weighted by Gasteiger charge is 2.57. The maximum atomic E-state index is 6.30. The van der Waals surface area contributed by atoms with Gasteiger partial charge in [-0.25, -0.2) is 0 Å². The van der Waals surface area contributed by atoms with E-state index in [4.69, 9.17) is 9.47 Å². The van der Waals surface area contributed by atoms with Crippen LogP contribution in [0.1, 0.15) is 45.4 Å². The summed E-state index contributed by atoms with van der Waals surface area (Å²) in [5.74, 6) is 1.86. The van der Waals surface area contributed by atoms with E-state index in [-0.39, 0.29) is 0 Å². The average Bonchev–Trinajstić information content (AvgIpc) is 3.03. The van der Waals surface area contributed by atoms with E-state index in [9.17, 15) is 0 Å². The standard InChI is InChI=1S/C18H27NO2/c1-3-12-19-16-13-17(18(16)10-4-5-11-18)21-15-8-6-14(20-2)7-9-15/h6-9,16-17,19H,3-5,10-13H2,1-2H3. The van der Waals surface area contributed by atoms with E-state index in [0.717, 1.165) is 24.5 Å². The predicted molar refractivity (Wildman–Crippen MR) is 85.0 cm³/mol. The van der Waals surface area contributed by atoms with Crippen LogP contribution in [0, 0.1) is 5.41 Å². The van der Waals surface area contributed by atoms with Crippen molar-refractivity contribution in [3.05, 3.63) is 24.3 Å². The molecular weight excluding hydrogens is 262 g/mol. The van der Waals surface area contributed by atoms with Gasteiger partial charge in [0.05, 0.1) is 7.11 Å². The quantitative estimate of drug-likeness (QED) is 0.864. The van der Waals surface area contributed by atoms with Gasteiger partial charge in [-0.2, -0.15) is 0 Å². The Hall–Kier alpha value is -1.22. The van der Waals surface area contributed by atoms with Crippen LogP contribution in [0.15, 0.2) is 24.3 Å². The van der Waals surface area contributed by atoms with Crippen molar-refractivity contribution < 1.29 is 9.47 Å². The van der Waals surface area contributed by atoms with Gasteiger partial charge in [-0.15, -0.1) is 0 Å². The minimum Gasteiger partial charge on any atom is -0.497 e. The van der Waals surface area contributed by atoms with Crippen molar-refractivity contribution in [3.8, 4) is 11.5 Å². The largest absolute Gasteiger partial charge is 0.497 e. The fraction of sp³-hybridized carbons (Fsp3) is 0.667. The maximum Gasteiger partial charge on any atom is 0.120 e. The lowest BCUT2D eigenvalue weighted by atomic mass is 9.60. The Morgan fingerprint density at radius 3 is 2.43 bits per heavy atom. The van der Waals surface area contributed by atoms with Crippen LogP contribution in [0.4, 0.5) is 0 Å². The molecule has 2 atom stereocenters. The van der Waals surface area contributed by atoms with Crippen LogP contribution in [0.5, 0.6) is 11.5 Å². The van der Waals surface area contributed by atoms with E-state index in [1.807, 2.05) is 24.3 Å². The Kier molecular flexibility index (Phi) is 4.39. The number of rotatable bonds is 6. The molecule has 2 fully saturated rings. The molecule has 2 saturated carbocycles. The van der Waals surface area contributed by atoms with E-state index in [2.05, 4.69) is 12.2 Å². The van der Waals surface area contributed by atoms with Gasteiger partial charge in [-0.3, -0.25) is 0 Å². The van der Waals surface area contributed by atoms with E-state index in [1.165, 1.54) is 32.1 Å². The van der Waals surface area contributed by atoms with Crippen LogP contribution < -0.4 is 14.8 Å². The van der Waals surface area contributed by atoms with Crippen LogP contribution in [0.25, 0.3) is 0 Å². The molecule has 1 N–H and O–H groups in total. The van der Waals surface area contributed by atoms with Gasteiger partial charge in [0.2, 0.25) is 0 Å². The Morgan fingerprint density at radius 2 is 1.81 bits per heavy atom. The molecule has 3 rings (SSSR count). The van der Waals surface area contributed by atoms with Crippen molar-refractivity contribution in [1.29, 1.82) is 0 Å². The third-order valence-electron chi connectivity index (χ3n) is 5.30. The normalized spacial score (nSPS) is 26.6. The summed E-state index contributed by atoms with van der Waals surface area (Å²) >= 11 is 0. The van der Waals surface area contributed by atoms with Crippen molar-refractivity contribution in [2.24, 2.45) is 5.41 Å². The zero-order valence-corrected chi connectivity index (χ0v) is 13.2. The van der Waals surface area contributed by atoms with Crippen LogP contribution >= 0.6 is 0 Å².